The normalized spacial score (nSPS) is 10.0. The predicted molar refractivity (Wildman–Crippen MR) is 109 cm³/mol. The molecule has 0 N–H and O–H groups in total. The minimum absolute atomic E-state index is 0.242. The van der Waals surface area contributed by atoms with E-state index in [0.29, 0.717) is 59.1 Å². The van der Waals surface area contributed by atoms with Crippen molar-refractivity contribution in [1.29, 1.82) is 0 Å². The molecule has 8 nitrogen and oxygen atoms in total. The summed E-state index contributed by atoms with van der Waals surface area (Å²) in [7, 11) is 2.73. The van der Waals surface area contributed by atoms with Gasteiger partial charge >= 0.3 is 11.9 Å². The van der Waals surface area contributed by atoms with E-state index in [0.717, 1.165) is 16.4 Å². The van der Waals surface area contributed by atoms with Crippen molar-refractivity contribution in [3.05, 3.63) is 0 Å². The Morgan fingerprint density at radius 3 is 1.42 bits per heavy atom. The second-order valence-corrected chi connectivity index (χ2v) is 6.35. The average Bonchev–Trinajstić information content (AvgIpc) is 2.66. The van der Waals surface area contributed by atoms with Crippen molar-refractivity contribution < 1.29 is 38.0 Å². The van der Waals surface area contributed by atoms with E-state index in [1.54, 1.807) is 0 Å². The number of rotatable bonds is 16. The number of methoxy groups -OCH3 is 2. The Bertz CT molecular complexity index is 291. The van der Waals surface area contributed by atoms with Crippen LogP contribution in [0.2, 0.25) is 0 Å². The van der Waals surface area contributed by atoms with Gasteiger partial charge in [-0.3, -0.25) is 9.59 Å². The van der Waals surface area contributed by atoms with Crippen molar-refractivity contribution in [2.75, 3.05) is 76.8 Å². The largest absolute Gasteiger partial charge is 0.469 e. The fraction of sp³-hybridized carbons (Fsp3) is 0.875. The van der Waals surface area contributed by atoms with E-state index in [-0.39, 0.29) is 11.9 Å². The van der Waals surface area contributed by atoms with Crippen molar-refractivity contribution >= 4 is 50.5 Å². The summed E-state index contributed by atoms with van der Waals surface area (Å²) in [6.45, 7) is 4.43. The van der Waals surface area contributed by atoms with Gasteiger partial charge < -0.3 is 28.4 Å². The second-order valence-electron chi connectivity index (χ2n) is 4.48. The molecule has 0 rings (SSSR count). The van der Waals surface area contributed by atoms with Crippen LogP contribution in [0.1, 0.15) is 12.8 Å². The second kappa shape index (κ2) is 25.0. The third kappa shape index (κ3) is 26.2. The number of alkyl halides is 2. The number of carbonyl (C=O) groups excluding carboxylic acids is 2. The molecule has 0 unspecified atom stereocenters. The van der Waals surface area contributed by atoms with Gasteiger partial charge in [0.1, 0.15) is 0 Å². The quantitative estimate of drug-likeness (QED) is 0.123. The highest BCUT2D eigenvalue weighted by atomic mass is 127. The molecule has 26 heavy (non-hydrogen) atoms. The molecule has 0 aliphatic heterocycles. The fourth-order valence-corrected chi connectivity index (χ4v) is 1.81. The van der Waals surface area contributed by atoms with Gasteiger partial charge in [-0.2, -0.15) is 0 Å². The van der Waals surface area contributed by atoms with E-state index in [4.69, 9.17) is 18.9 Å². The standard InChI is InChI=1S/C8H15BrO4.C8H15IO4/c2*1-11-8(10)2-4-12-6-7-13-5-3-9/h2*2-7H2,1H3. The number of ether oxygens (including phenoxy) is 6. The van der Waals surface area contributed by atoms with Gasteiger partial charge in [0.2, 0.25) is 0 Å². The van der Waals surface area contributed by atoms with Crippen LogP contribution in [0.15, 0.2) is 0 Å². The lowest BCUT2D eigenvalue weighted by Crippen LogP contribution is -2.10. The van der Waals surface area contributed by atoms with E-state index < -0.39 is 0 Å². The van der Waals surface area contributed by atoms with Gasteiger partial charge in [0.05, 0.1) is 79.9 Å². The lowest BCUT2D eigenvalue weighted by Gasteiger charge is -2.03. The minimum Gasteiger partial charge on any atom is -0.469 e. The van der Waals surface area contributed by atoms with Gasteiger partial charge in [0.15, 0.2) is 0 Å². The first-order valence-corrected chi connectivity index (χ1v) is 10.8. The third-order valence-corrected chi connectivity index (χ3v) is 3.31. The summed E-state index contributed by atoms with van der Waals surface area (Å²) >= 11 is 5.48. The van der Waals surface area contributed by atoms with Crippen molar-refractivity contribution in [3.8, 4) is 0 Å². The first-order valence-electron chi connectivity index (χ1n) is 8.18. The summed E-state index contributed by atoms with van der Waals surface area (Å²) in [6, 6.07) is 0. The zero-order valence-electron chi connectivity index (χ0n) is 15.5. The number of esters is 2. The molecule has 0 spiro atoms. The van der Waals surface area contributed by atoms with Crippen molar-refractivity contribution in [2.45, 2.75) is 12.8 Å². The maximum Gasteiger partial charge on any atom is 0.307 e. The molecule has 0 aromatic carbocycles. The smallest absolute Gasteiger partial charge is 0.307 e. The summed E-state index contributed by atoms with van der Waals surface area (Å²) in [5.74, 6) is -0.491. The van der Waals surface area contributed by atoms with E-state index in [9.17, 15) is 9.59 Å². The minimum atomic E-state index is -0.249. The van der Waals surface area contributed by atoms with Crippen LogP contribution >= 0.6 is 38.5 Å². The van der Waals surface area contributed by atoms with Crippen LogP contribution in [0, 0.1) is 0 Å². The monoisotopic (exact) mass is 556 g/mol. The first kappa shape index (κ1) is 28.2. The maximum atomic E-state index is 10.6. The lowest BCUT2D eigenvalue weighted by molar-refractivity contribution is -0.142. The lowest BCUT2D eigenvalue weighted by atomic mass is 10.5. The highest BCUT2D eigenvalue weighted by Gasteiger charge is 1.99. The van der Waals surface area contributed by atoms with Crippen LogP contribution in [-0.2, 0) is 38.0 Å². The van der Waals surface area contributed by atoms with Crippen LogP contribution in [0.4, 0.5) is 0 Å². The van der Waals surface area contributed by atoms with E-state index in [1.807, 2.05) is 0 Å². The van der Waals surface area contributed by atoms with Crippen LogP contribution in [0.5, 0.6) is 0 Å². The van der Waals surface area contributed by atoms with Crippen LogP contribution in [0.3, 0.4) is 0 Å². The van der Waals surface area contributed by atoms with Crippen molar-refractivity contribution in [2.24, 2.45) is 0 Å². The maximum absolute atomic E-state index is 10.6. The van der Waals surface area contributed by atoms with Gasteiger partial charge in [0, 0.05) is 9.76 Å². The Morgan fingerprint density at radius 2 is 1.08 bits per heavy atom. The molecule has 0 aliphatic carbocycles. The number of carbonyl (C=O) groups is 2. The summed E-state index contributed by atoms with van der Waals surface area (Å²) in [4.78, 5) is 21.2. The molecular formula is C16H30BrIO8. The van der Waals surface area contributed by atoms with Crippen LogP contribution in [-0.4, -0.2) is 88.8 Å². The molecule has 0 fully saturated rings. The van der Waals surface area contributed by atoms with E-state index in [1.165, 1.54) is 14.2 Å². The Balaban J connectivity index is 0. The number of hydrogen-bond acceptors (Lipinski definition) is 8. The summed E-state index contributed by atoms with van der Waals surface area (Å²) in [5, 5.41) is 0.829. The SMILES string of the molecule is COC(=O)CCOCCOCCBr.COC(=O)CCOCCOCCI. The molecule has 0 aliphatic rings. The van der Waals surface area contributed by atoms with Gasteiger partial charge in [-0.15, -0.1) is 0 Å². The molecule has 0 saturated heterocycles. The van der Waals surface area contributed by atoms with Gasteiger partial charge in [-0.05, 0) is 0 Å². The fourth-order valence-electron chi connectivity index (χ4n) is 1.27. The molecule has 0 saturated carbocycles. The van der Waals surface area contributed by atoms with Gasteiger partial charge in [-0.25, -0.2) is 0 Å². The Kier molecular flexibility index (Phi) is 27.1. The van der Waals surface area contributed by atoms with Crippen LogP contribution in [0.25, 0.3) is 0 Å². The summed E-state index contributed by atoms with van der Waals surface area (Å²) in [5.41, 5.74) is 0. The Morgan fingerprint density at radius 1 is 0.692 bits per heavy atom. The molecule has 10 heteroatoms. The highest BCUT2D eigenvalue weighted by Crippen LogP contribution is 1.88. The van der Waals surface area contributed by atoms with Crippen molar-refractivity contribution in [3.63, 3.8) is 0 Å². The van der Waals surface area contributed by atoms with Gasteiger partial charge in [0.25, 0.3) is 0 Å². The molecule has 0 heterocycles. The number of halogens is 2. The predicted octanol–water partition coefficient (Wildman–Crippen LogP) is 2.00. The summed E-state index contributed by atoms with van der Waals surface area (Å²) < 4.78 is 30.4. The zero-order chi connectivity index (χ0) is 19.9. The average molecular weight is 557 g/mol. The van der Waals surface area contributed by atoms with E-state index >= 15 is 0 Å². The molecular weight excluding hydrogens is 527 g/mol. The molecule has 0 amide bonds. The Labute approximate surface area is 177 Å². The molecule has 0 bridgehead atoms. The molecule has 0 aromatic rings. The Hall–Kier alpha value is -0.0100. The van der Waals surface area contributed by atoms with Gasteiger partial charge in [-0.1, -0.05) is 38.5 Å². The molecule has 0 aromatic heterocycles. The molecule has 0 radical (unpaired) electrons. The summed E-state index contributed by atoms with van der Waals surface area (Å²) in [6.07, 6.45) is 0.609. The zero-order valence-corrected chi connectivity index (χ0v) is 19.3. The third-order valence-electron chi connectivity index (χ3n) is 2.54. The highest BCUT2D eigenvalue weighted by molar-refractivity contribution is 14.1. The topological polar surface area (TPSA) is 89.5 Å². The van der Waals surface area contributed by atoms with E-state index in [2.05, 4.69) is 48.0 Å². The number of hydrogen-bond donors (Lipinski definition) is 0. The molecule has 0 atom stereocenters. The molecule has 156 valence electrons. The van der Waals surface area contributed by atoms with Crippen molar-refractivity contribution in [1.82, 2.24) is 0 Å². The van der Waals surface area contributed by atoms with Crippen LogP contribution < -0.4 is 0 Å². The first-order chi connectivity index (χ1) is 12.6.